The van der Waals surface area contributed by atoms with Crippen molar-refractivity contribution in [2.75, 3.05) is 0 Å². The summed E-state index contributed by atoms with van der Waals surface area (Å²) < 4.78 is 8.83. The van der Waals surface area contributed by atoms with E-state index in [2.05, 4.69) is 39.3 Å². The van der Waals surface area contributed by atoms with Crippen molar-refractivity contribution >= 4 is 15.9 Å². The first-order valence-corrected chi connectivity index (χ1v) is 6.38. The van der Waals surface area contributed by atoms with Crippen LogP contribution in [0, 0.1) is 6.92 Å². The van der Waals surface area contributed by atoms with Crippen molar-refractivity contribution in [2.45, 2.75) is 27.0 Å². The summed E-state index contributed by atoms with van der Waals surface area (Å²) in [5.74, 6) is 0.861. The molecule has 90 valence electrons. The van der Waals surface area contributed by atoms with Crippen LogP contribution in [0.1, 0.15) is 18.2 Å². The standard InChI is InChI=1S/C13H15BrN2O/c1-3-16-9-15-7-11(16)8-17-13-5-4-10(2)6-12(13)14/h4-7,9H,3,8H2,1-2H3. The van der Waals surface area contributed by atoms with Crippen LogP contribution in [-0.4, -0.2) is 9.55 Å². The van der Waals surface area contributed by atoms with Gasteiger partial charge in [0, 0.05) is 6.54 Å². The van der Waals surface area contributed by atoms with Crippen LogP contribution in [0.4, 0.5) is 0 Å². The molecule has 0 unspecified atom stereocenters. The Kier molecular flexibility index (Phi) is 3.84. The average Bonchev–Trinajstić information content (AvgIpc) is 2.75. The van der Waals surface area contributed by atoms with Crippen LogP contribution < -0.4 is 4.74 Å². The van der Waals surface area contributed by atoms with Crippen LogP contribution in [0.25, 0.3) is 0 Å². The number of hydrogen-bond donors (Lipinski definition) is 0. The molecular formula is C13H15BrN2O. The molecule has 1 aromatic heterocycles. The Morgan fingerprint density at radius 2 is 2.24 bits per heavy atom. The zero-order valence-electron chi connectivity index (χ0n) is 9.98. The topological polar surface area (TPSA) is 27.1 Å². The van der Waals surface area contributed by atoms with Gasteiger partial charge in [-0.05, 0) is 47.5 Å². The first-order chi connectivity index (χ1) is 8.20. The van der Waals surface area contributed by atoms with E-state index >= 15 is 0 Å². The minimum Gasteiger partial charge on any atom is -0.486 e. The first kappa shape index (κ1) is 12.2. The summed E-state index contributed by atoms with van der Waals surface area (Å²) in [5.41, 5.74) is 2.29. The fraction of sp³-hybridized carbons (Fsp3) is 0.308. The highest BCUT2D eigenvalue weighted by Gasteiger charge is 2.04. The van der Waals surface area contributed by atoms with Crippen molar-refractivity contribution in [1.29, 1.82) is 0 Å². The van der Waals surface area contributed by atoms with E-state index in [-0.39, 0.29) is 0 Å². The number of hydrogen-bond acceptors (Lipinski definition) is 2. The highest BCUT2D eigenvalue weighted by atomic mass is 79.9. The Hall–Kier alpha value is -1.29. The van der Waals surface area contributed by atoms with Crippen molar-refractivity contribution in [3.05, 3.63) is 46.5 Å². The summed E-state index contributed by atoms with van der Waals surface area (Å²) in [4.78, 5) is 4.11. The fourth-order valence-electron chi connectivity index (χ4n) is 1.63. The molecule has 2 aromatic rings. The lowest BCUT2D eigenvalue weighted by atomic mass is 10.2. The van der Waals surface area contributed by atoms with Gasteiger partial charge in [-0.3, -0.25) is 0 Å². The Morgan fingerprint density at radius 1 is 1.41 bits per heavy atom. The molecular weight excluding hydrogens is 280 g/mol. The van der Waals surface area contributed by atoms with Crippen molar-refractivity contribution < 1.29 is 4.74 Å². The van der Waals surface area contributed by atoms with Crippen LogP contribution in [0.15, 0.2) is 35.2 Å². The molecule has 0 aliphatic rings. The lowest BCUT2D eigenvalue weighted by Crippen LogP contribution is -2.03. The van der Waals surface area contributed by atoms with Gasteiger partial charge >= 0.3 is 0 Å². The third-order valence-electron chi connectivity index (χ3n) is 2.60. The molecule has 0 spiro atoms. The van der Waals surface area contributed by atoms with Gasteiger partial charge in [0.2, 0.25) is 0 Å². The molecule has 0 saturated heterocycles. The Balaban J connectivity index is 2.07. The lowest BCUT2D eigenvalue weighted by molar-refractivity contribution is 0.293. The maximum atomic E-state index is 5.77. The number of rotatable bonds is 4. The molecule has 4 heteroatoms. The molecule has 0 atom stereocenters. The summed E-state index contributed by atoms with van der Waals surface area (Å²) in [5, 5.41) is 0. The maximum Gasteiger partial charge on any atom is 0.134 e. The Labute approximate surface area is 110 Å². The smallest absolute Gasteiger partial charge is 0.134 e. The van der Waals surface area contributed by atoms with E-state index in [9.17, 15) is 0 Å². The molecule has 0 aliphatic heterocycles. The number of imidazole rings is 1. The number of aryl methyl sites for hydroxylation is 2. The van der Waals surface area contributed by atoms with E-state index < -0.39 is 0 Å². The summed E-state index contributed by atoms with van der Waals surface area (Å²) >= 11 is 3.50. The van der Waals surface area contributed by atoms with Crippen molar-refractivity contribution in [1.82, 2.24) is 9.55 Å². The van der Waals surface area contributed by atoms with Gasteiger partial charge in [-0.2, -0.15) is 0 Å². The predicted molar refractivity (Wildman–Crippen MR) is 71.1 cm³/mol. The van der Waals surface area contributed by atoms with Crippen molar-refractivity contribution in [3.63, 3.8) is 0 Å². The predicted octanol–water partition coefficient (Wildman–Crippen LogP) is 3.55. The van der Waals surface area contributed by atoms with Gasteiger partial charge in [0.05, 0.1) is 22.7 Å². The van der Waals surface area contributed by atoms with E-state index in [4.69, 9.17) is 4.74 Å². The summed E-state index contributed by atoms with van der Waals surface area (Å²) in [6.07, 6.45) is 3.66. The molecule has 0 saturated carbocycles. The first-order valence-electron chi connectivity index (χ1n) is 5.58. The minimum absolute atomic E-state index is 0.537. The largest absolute Gasteiger partial charge is 0.486 e. The Bertz CT molecular complexity index is 508. The van der Waals surface area contributed by atoms with Gasteiger partial charge in [-0.15, -0.1) is 0 Å². The molecule has 1 heterocycles. The molecule has 0 amide bonds. The maximum absolute atomic E-state index is 5.77. The second-order valence-electron chi connectivity index (χ2n) is 3.89. The molecule has 0 aliphatic carbocycles. The molecule has 0 N–H and O–H groups in total. The van der Waals surface area contributed by atoms with E-state index in [0.29, 0.717) is 6.61 Å². The van der Waals surface area contributed by atoms with Crippen LogP contribution in [0.5, 0.6) is 5.75 Å². The quantitative estimate of drug-likeness (QED) is 0.862. The van der Waals surface area contributed by atoms with E-state index in [1.807, 2.05) is 30.7 Å². The third kappa shape index (κ3) is 2.88. The minimum atomic E-state index is 0.537. The Morgan fingerprint density at radius 3 is 2.94 bits per heavy atom. The SMILES string of the molecule is CCn1cncc1COc1ccc(C)cc1Br. The van der Waals surface area contributed by atoms with E-state index in [1.165, 1.54) is 5.56 Å². The molecule has 1 aromatic carbocycles. The zero-order valence-corrected chi connectivity index (χ0v) is 11.6. The van der Waals surface area contributed by atoms with Crippen LogP contribution in [0.2, 0.25) is 0 Å². The monoisotopic (exact) mass is 294 g/mol. The number of halogens is 1. The van der Waals surface area contributed by atoms with Crippen LogP contribution in [0.3, 0.4) is 0 Å². The summed E-state index contributed by atoms with van der Waals surface area (Å²) in [7, 11) is 0. The van der Waals surface area contributed by atoms with Crippen LogP contribution in [-0.2, 0) is 13.2 Å². The van der Waals surface area contributed by atoms with Gasteiger partial charge in [0.1, 0.15) is 12.4 Å². The van der Waals surface area contributed by atoms with Gasteiger partial charge in [0.15, 0.2) is 0 Å². The zero-order chi connectivity index (χ0) is 12.3. The van der Waals surface area contributed by atoms with Gasteiger partial charge in [-0.25, -0.2) is 4.98 Å². The molecule has 3 nitrogen and oxygen atoms in total. The second kappa shape index (κ2) is 5.36. The highest BCUT2D eigenvalue weighted by Crippen LogP contribution is 2.26. The highest BCUT2D eigenvalue weighted by molar-refractivity contribution is 9.10. The number of benzene rings is 1. The van der Waals surface area contributed by atoms with Gasteiger partial charge < -0.3 is 9.30 Å². The van der Waals surface area contributed by atoms with Gasteiger partial charge in [0.25, 0.3) is 0 Å². The number of nitrogens with zero attached hydrogens (tertiary/aromatic N) is 2. The number of aromatic nitrogens is 2. The normalized spacial score (nSPS) is 10.5. The molecule has 0 fully saturated rings. The molecule has 2 rings (SSSR count). The average molecular weight is 295 g/mol. The molecule has 17 heavy (non-hydrogen) atoms. The molecule has 0 radical (unpaired) electrons. The summed E-state index contributed by atoms with van der Waals surface area (Å²) in [6.45, 7) is 5.59. The summed E-state index contributed by atoms with van der Waals surface area (Å²) in [6, 6.07) is 6.07. The fourth-order valence-corrected chi connectivity index (χ4v) is 2.24. The van der Waals surface area contributed by atoms with E-state index in [0.717, 1.165) is 22.5 Å². The lowest BCUT2D eigenvalue weighted by Gasteiger charge is -2.10. The van der Waals surface area contributed by atoms with Gasteiger partial charge in [-0.1, -0.05) is 6.07 Å². The van der Waals surface area contributed by atoms with Crippen LogP contribution >= 0.6 is 15.9 Å². The van der Waals surface area contributed by atoms with Crippen molar-refractivity contribution in [3.8, 4) is 5.75 Å². The number of ether oxygens (including phenoxy) is 1. The molecule has 0 bridgehead atoms. The van der Waals surface area contributed by atoms with Crippen molar-refractivity contribution in [2.24, 2.45) is 0 Å². The van der Waals surface area contributed by atoms with E-state index in [1.54, 1.807) is 0 Å². The third-order valence-corrected chi connectivity index (χ3v) is 3.22. The second-order valence-corrected chi connectivity index (χ2v) is 4.75.